The van der Waals surface area contributed by atoms with Crippen molar-refractivity contribution < 1.29 is 14.3 Å². The van der Waals surface area contributed by atoms with Gasteiger partial charge in [0.15, 0.2) is 0 Å². The lowest BCUT2D eigenvalue weighted by molar-refractivity contribution is -0.149. The Bertz CT molecular complexity index is 409. The number of benzene rings is 1. The van der Waals surface area contributed by atoms with E-state index < -0.39 is 11.9 Å². The van der Waals surface area contributed by atoms with Gasteiger partial charge in [-0.1, -0.05) is 36.4 Å². The Morgan fingerprint density at radius 3 is 2.29 bits per heavy atom. The Hall–Kier alpha value is -1.90. The summed E-state index contributed by atoms with van der Waals surface area (Å²) in [5, 5.41) is 0. The first-order chi connectivity index (χ1) is 8.11. The van der Waals surface area contributed by atoms with Gasteiger partial charge >= 0.3 is 5.97 Å². The van der Waals surface area contributed by atoms with E-state index in [1.54, 1.807) is 6.08 Å². The second-order valence-electron chi connectivity index (χ2n) is 3.78. The third-order valence-electron chi connectivity index (χ3n) is 2.69. The normalized spacial score (nSPS) is 13.5. The zero-order valence-corrected chi connectivity index (χ0v) is 10.1. The molecule has 3 heteroatoms. The van der Waals surface area contributed by atoms with E-state index in [1.807, 2.05) is 30.3 Å². The third-order valence-corrected chi connectivity index (χ3v) is 2.69. The fourth-order valence-electron chi connectivity index (χ4n) is 1.83. The molecule has 0 fully saturated rings. The highest BCUT2D eigenvalue weighted by molar-refractivity contribution is 5.99. The van der Waals surface area contributed by atoms with Gasteiger partial charge in [-0.05, 0) is 12.5 Å². The number of carbonyl (C=O) groups excluding carboxylic acids is 2. The van der Waals surface area contributed by atoms with Gasteiger partial charge < -0.3 is 4.74 Å². The van der Waals surface area contributed by atoms with Crippen molar-refractivity contribution in [2.75, 3.05) is 7.11 Å². The van der Waals surface area contributed by atoms with E-state index in [2.05, 4.69) is 11.3 Å². The number of hydrogen-bond donors (Lipinski definition) is 0. The monoisotopic (exact) mass is 232 g/mol. The maximum Gasteiger partial charge on any atom is 0.317 e. The lowest BCUT2D eigenvalue weighted by Crippen LogP contribution is -2.28. The van der Waals surface area contributed by atoms with Crippen molar-refractivity contribution in [3.8, 4) is 0 Å². The quantitative estimate of drug-likeness (QED) is 0.444. The molecule has 0 saturated heterocycles. The largest absolute Gasteiger partial charge is 0.468 e. The van der Waals surface area contributed by atoms with Crippen LogP contribution >= 0.6 is 0 Å². The van der Waals surface area contributed by atoms with E-state index in [0.29, 0.717) is 0 Å². The molecule has 0 heterocycles. The number of ether oxygens (including phenoxy) is 1. The summed E-state index contributed by atoms with van der Waals surface area (Å²) in [6.45, 7) is 5.09. The molecule has 17 heavy (non-hydrogen) atoms. The number of rotatable bonds is 5. The Labute approximate surface area is 101 Å². The van der Waals surface area contributed by atoms with Gasteiger partial charge in [-0.15, -0.1) is 6.58 Å². The molecule has 0 bridgehead atoms. The van der Waals surface area contributed by atoms with Crippen LogP contribution in [0.4, 0.5) is 0 Å². The van der Waals surface area contributed by atoms with Gasteiger partial charge in [-0.3, -0.25) is 9.59 Å². The number of Topliss-reactive ketones (excluding diaryl/α,β-unsaturated/α-hetero) is 1. The minimum atomic E-state index is -0.820. The van der Waals surface area contributed by atoms with Crippen molar-refractivity contribution in [3.63, 3.8) is 0 Å². The topological polar surface area (TPSA) is 43.4 Å². The van der Waals surface area contributed by atoms with E-state index in [1.165, 1.54) is 14.0 Å². The first-order valence-electron chi connectivity index (χ1n) is 5.37. The summed E-state index contributed by atoms with van der Waals surface area (Å²) in [5.41, 5.74) is 0.883. The van der Waals surface area contributed by atoms with Gasteiger partial charge in [0.1, 0.15) is 11.7 Å². The van der Waals surface area contributed by atoms with Crippen molar-refractivity contribution in [2.45, 2.75) is 12.8 Å². The van der Waals surface area contributed by atoms with Gasteiger partial charge in [0.25, 0.3) is 0 Å². The summed E-state index contributed by atoms with van der Waals surface area (Å²) in [6.07, 6.45) is 1.61. The summed E-state index contributed by atoms with van der Waals surface area (Å²) in [4.78, 5) is 23.2. The van der Waals surface area contributed by atoms with Gasteiger partial charge in [0.2, 0.25) is 0 Å². The van der Waals surface area contributed by atoms with E-state index >= 15 is 0 Å². The standard InChI is InChI=1S/C14H16O3/c1-4-12(11-8-6-5-7-9-11)13(10(2)15)14(16)17-3/h4-9,12-13H,1H2,2-3H3. The Balaban J connectivity index is 3.10. The maximum atomic E-state index is 11.6. The summed E-state index contributed by atoms with van der Waals surface area (Å²) >= 11 is 0. The fraction of sp³-hybridized carbons (Fsp3) is 0.286. The molecule has 0 radical (unpaired) electrons. The van der Waals surface area contributed by atoms with Gasteiger partial charge in [-0.2, -0.15) is 0 Å². The Kier molecular flexibility index (Phi) is 4.64. The molecule has 90 valence electrons. The van der Waals surface area contributed by atoms with Crippen molar-refractivity contribution in [1.29, 1.82) is 0 Å². The van der Waals surface area contributed by atoms with Crippen LogP contribution in [0.15, 0.2) is 43.0 Å². The molecule has 0 aliphatic heterocycles. The first kappa shape index (κ1) is 13.2. The third kappa shape index (κ3) is 3.03. The molecule has 0 aliphatic carbocycles. The van der Waals surface area contributed by atoms with Crippen molar-refractivity contribution in [3.05, 3.63) is 48.6 Å². The molecule has 0 saturated carbocycles. The number of carbonyl (C=O) groups is 2. The lowest BCUT2D eigenvalue weighted by atomic mass is 9.84. The molecule has 0 aromatic heterocycles. The number of ketones is 1. The smallest absolute Gasteiger partial charge is 0.317 e. The van der Waals surface area contributed by atoms with Crippen LogP contribution in [0.5, 0.6) is 0 Å². The minimum Gasteiger partial charge on any atom is -0.468 e. The van der Waals surface area contributed by atoms with Crippen LogP contribution in [0.3, 0.4) is 0 Å². The fourth-order valence-corrected chi connectivity index (χ4v) is 1.83. The predicted molar refractivity (Wildman–Crippen MR) is 65.6 cm³/mol. The highest BCUT2D eigenvalue weighted by Gasteiger charge is 2.32. The van der Waals surface area contributed by atoms with Crippen LogP contribution in [0.2, 0.25) is 0 Å². The molecule has 0 aliphatic rings. The van der Waals surface area contributed by atoms with E-state index in [0.717, 1.165) is 5.56 Å². The average molecular weight is 232 g/mol. The molecular formula is C14H16O3. The van der Waals surface area contributed by atoms with Crippen LogP contribution in [0.1, 0.15) is 18.4 Å². The highest BCUT2D eigenvalue weighted by Crippen LogP contribution is 2.27. The van der Waals surface area contributed by atoms with Gasteiger partial charge in [0, 0.05) is 5.92 Å². The number of allylic oxidation sites excluding steroid dienone is 1. The van der Waals surface area contributed by atoms with Crippen LogP contribution in [-0.4, -0.2) is 18.9 Å². The summed E-state index contributed by atoms with van der Waals surface area (Å²) < 4.78 is 4.67. The maximum absolute atomic E-state index is 11.6. The second-order valence-corrected chi connectivity index (χ2v) is 3.78. The van der Waals surface area contributed by atoms with Crippen LogP contribution in [0, 0.1) is 5.92 Å². The Morgan fingerprint density at radius 1 is 1.29 bits per heavy atom. The predicted octanol–water partition coefficient (Wildman–Crippen LogP) is 2.33. The second kappa shape index (κ2) is 5.99. The van der Waals surface area contributed by atoms with E-state index in [4.69, 9.17) is 0 Å². The summed E-state index contributed by atoms with van der Waals surface area (Å²) in [5.74, 6) is -1.90. The van der Waals surface area contributed by atoms with Gasteiger partial charge in [-0.25, -0.2) is 0 Å². The number of methoxy groups -OCH3 is 1. The molecule has 3 nitrogen and oxygen atoms in total. The number of esters is 1. The highest BCUT2D eigenvalue weighted by atomic mass is 16.5. The number of hydrogen-bond acceptors (Lipinski definition) is 3. The SMILES string of the molecule is C=CC(c1ccccc1)C(C(C)=O)C(=O)OC. The average Bonchev–Trinajstić information content (AvgIpc) is 2.35. The van der Waals surface area contributed by atoms with Crippen molar-refractivity contribution >= 4 is 11.8 Å². The van der Waals surface area contributed by atoms with Crippen LogP contribution in [-0.2, 0) is 14.3 Å². The lowest BCUT2D eigenvalue weighted by Gasteiger charge is -2.20. The summed E-state index contributed by atoms with van der Waals surface area (Å²) in [6, 6.07) is 9.33. The molecule has 1 aromatic rings. The first-order valence-corrected chi connectivity index (χ1v) is 5.37. The molecule has 2 atom stereocenters. The molecule has 1 rings (SSSR count). The molecular weight excluding hydrogens is 216 g/mol. The molecule has 1 aromatic carbocycles. The van der Waals surface area contributed by atoms with Crippen LogP contribution in [0.25, 0.3) is 0 Å². The van der Waals surface area contributed by atoms with Crippen molar-refractivity contribution in [2.24, 2.45) is 5.92 Å². The van der Waals surface area contributed by atoms with Crippen molar-refractivity contribution in [1.82, 2.24) is 0 Å². The molecule has 0 N–H and O–H groups in total. The minimum absolute atomic E-state index is 0.217. The van der Waals surface area contributed by atoms with E-state index in [-0.39, 0.29) is 11.7 Å². The Morgan fingerprint density at radius 2 is 1.88 bits per heavy atom. The molecule has 0 spiro atoms. The van der Waals surface area contributed by atoms with Crippen LogP contribution < -0.4 is 0 Å². The zero-order valence-electron chi connectivity index (χ0n) is 10.1. The van der Waals surface area contributed by atoms with Gasteiger partial charge in [0.05, 0.1) is 7.11 Å². The zero-order chi connectivity index (χ0) is 12.8. The molecule has 2 unspecified atom stereocenters. The summed E-state index contributed by atoms with van der Waals surface area (Å²) in [7, 11) is 1.28. The molecule has 0 amide bonds. The van der Waals surface area contributed by atoms with E-state index in [9.17, 15) is 9.59 Å².